The molecule has 134 valence electrons. The Morgan fingerprint density at radius 1 is 1.46 bits per heavy atom. The maximum atomic E-state index is 12.2. The molecule has 0 unspecified atom stereocenters. The van der Waals surface area contributed by atoms with Gasteiger partial charge in [-0.3, -0.25) is 9.69 Å². The molecular formula is C17H26N2O4S. The van der Waals surface area contributed by atoms with E-state index in [9.17, 15) is 13.2 Å². The molecule has 1 fully saturated rings. The molecule has 0 aliphatic carbocycles. The minimum absolute atomic E-state index is 0.0826. The summed E-state index contributed by atoms with van der Waals surface area (Å²) in [6.45, 7) is 4.21. The van der Waals surface area contributed by atoms with Crippen molar-refractivity contribution < 1.29 is 17.9 Å². The van der Waals surface area contributed by atoms with Gasteiger partial charge in [0, 0.05) is 17.8 Å². The standard InChI is InChI=1S/C17H26N2O4S/c1-4-13(2)23-16-7-5-6-14(10-16)18-17(20)11-19(3)15-8-9-24(21,22)12-15/h5-7,10,13,15H,4,8-9,11-12H2,1-3H3,(H,18,20)/t13-,15-/m1/s1. The van der Waals surface area contributed by atoms with Crippen molar-refractivity contribution in [3.05, 3.63) is 24.3 Å². The summed E-state index contributed by atoms with van der Waals surface area (Å²) in [4.78, 5) is 14.0. The maximum Gasteiger partial charge on any atom is 0.238 e. The molecular weight excluding hydrogens is 328 g/mol. The number of carbonyl (C=O) groups excluding carboxylic acids is 1. The van der Waals surface area contributed by atoms with E-state index in [-0.39, 0.29) is 36.1 Å². The lowest BCUT2D eigenvalue weighted by Crippen LogP contribution is -2.38. The fourth-order valence-electron chi connectivity index (χ4n) is 2.64. The van der Waals surface area contributed by atoms with Gasteiger partial charge in [-0.1, -0.05) is 13.0 Å². The number of carbonyl (C=O) groups is 1. The minimum atomic E-state index is -2.94. The van der Waals surface area contributed by atoms with Crippen LogP contribution in [0.4, 0.5) is 5.69 Å². The normalized spacial score (nSPS) is 20.8. The largest absolute Gasteiger partial charge is 0.491 e. The van der Waals surface area contributed by atoms with Gasteiger partial charge in [0.2, 0.25) is 5.91 Å². The fourth-order valence-corrected chi connectivity index (χ4v) is 4.45. The first-order valence-corrected chi connectivity index (χ1v) is 10.1. The van der Waals surface area contributed by atoms with Crippen LogP contribution < -0.4 is 10.1 Å². The van der Waals surface area contributed by atoms with Gasteiger partial charge in [-0.25, -0.2) is 8.42 Å². The van der Waals surface area contributed by atoms with Crippen molar-refractivity contribution in [2.24, 2.45) is 0 Å². The molecule has 1 aliphatic heterocycles. The summed E-state index contributed by atoms with van der Waals surface area (Å²) in [6, 6.07) is 7.21. The zero-order chi connectivity index (χ0) is 17.7. The molecule has 0 bridgehead atoms. The van der Waals surface area contributed by atoms with Crippen LogP contribution in [-0.2, 0) is 14.6 Å². The molecule has 6 nitrogen and oxygen atoms in total. The van der Waals surface area contributed by atoms with Gasteiger partial charge in [0.15, 0.2) is 9.84 Å². The Labute approximate surface area is 144 Å². The number of hydrogen-bond acceptors (Lipinski definition) is 5. The quantitative estimate of drug-likeness (QED) is 0.810. The second-order valence-electron chi connectivity index (χ2n) is 6.38. The van der Waals surface area contributed by atoms with Crippen LogP contribution in [0.3, 0.4) is 0 Å². The molecule has 1 aliphatic rings. The van der Waals surface area contributed by atoms with E-state index in [0.717, 1.165) is 12.2 Å². The Hall–Kier alpha value is -1.60. The van der Waals surface area contributed by atoms with Crippen molar-refractivity contribution in [2.45, 2.75) is 38.8 Å². The number of nitrogens with zero attached hydrogens (tertiary/aromatic N) is 1. The summed E-state index contributed by atoms with van der Waals surface area (Å²) >= 11 is 0. The first kappa shape index (κ1) is 18.7. The number of benzene rings is 1. The van der Waals surface area contributed by atoms with Crippen LogP contribution in [0.25, 0.3) is 0 Å². The highest BCUT2D eigenvalue weighted by Gasteiger charge is 2.31. The average molecular weight is 354 g/mol. The lowest BCUT2D eigenvalue weighted by Gasteiger charge is -2.22. The molecule has 0 saturated carbocycles. The third-order valence-electron chi connectivity index (χ3n) is 4.25. The highest BCUT2D eigenvalue weighted by atomic mass is 32.2. The SMILES string of the molecule is CC[C@@H](C)Oc1cccc(NC(=O)CN(C)[C@@H]2CCS(=O)(=O)C2)c1. The number of nitrogens with one attached hydrogen (secondary N) is 1. The molecule has 0 spiro atoms. The molecule has 2 rings (SSSR count). The van der Waals surface area contributed by atoms with E-state index in [2.05, 4.69) is 12.2 Å². The van der Waals surface area contributed by atoms with E-state index >= 15 is 0 Å². The number of sulfone groups is 1. The lowest BCUT2D eigenvalue weighted by atomic mass is 10.2. The van der Waals surface area contributed by atoms with Gasteiger partial charge in [0.25, 0.3) is 0 Å². The van der Waals surface area contributed by atoms with Crippen molar-refractivity contribution in [1.82, 2.24) is 4.90 Å². The third kappa shape index (κ3) is 5.49. The zero-order valence-corrected chi connectivity index (χ0v) is 15.3. The second-order valence-corrected chi connectivity index (χ2v) is 8.61. The molecule has 1 aromatic carbocycles. The van der Waals surface area contributed by atoms with Gasteiger partial charge in [-0.2, -0.15) is 0 Å². The molecule has 0 radical (unpaired) electrons. The monoisotopic (exact) mass is 354 g/mol. The van der Waals surface area contributed by atoms with Crippen LogP contribution in [0.1, 0.15) is 26.7 Å². The Bertz CT molecular complexity index is 675. The van der Waals surface area contributed by atoms with Crippen molar-refractivity contribution in [3.8, 4) is 5.75 Å². The third-order valence-corrected chi connectivity index (χ3v) is 6.01. The number of rotatable bonds is 7. The molecule has 1 heterocycles. The van der Waals surface area contributed by atoms with Crippen molar-refractivity contribution in [1.29, 1.82) is 0 Å². The summed E-state index contributed by atoms with van der Waals surface area (Å²) in [5.74, 6) is 0.896. The number of likely N-dealkylation sites (N-methyl/N-ethyl adjacent to an activating group) is 1. The topological polar surface area (TPSA) is 75.7 Å². The first-order chi connectivity index (χ1) is 11.3. The molecule has 24 heavy (non-hydrogen) atoms. The van der Waals surface area contributed by atoms with E-state index in [1.54, 1.807) is 24.1 Å². The number of ether oxygens (including phenoxy) is 1. The maximum absolute atomic E-state index is 12.2. The van der Waals surface area contributed by atoms with Gasteiger partial charge < -0.3 is 10.1 Å². The van der Waals surface area contributed by atoms with Gasteiger partial charge in [0.1, 0.15) is 5.75 Å². The van der Waals surface area contributed by atoms with Crippen LogP contribution in [0.2, 0.25) is 0 Å². The highest BCUT2D eigenvalue weighted by Crippen LogP contribution is 2.20. The Balaban J connectivity index is 1.89. The van der Waals surface area contributed by atoms with Crippen LogP contribution >= 0.6 is 0 Å². The molecule has 2 atom stereocenters. The van der Waals surface area contributed by atoms with Gasteiger partial charge in [-0.15, -0.1) is 0 Å². The summed E-state index contributed by atoms with van der Waals surface area (Å²) in [6.07, 6.45) is 1.61. The van der Waals surface area contributed by atoms with Crippen LogP contribution in [0.5, 0.6) is 5.75 Å². The van der Waals surface area contributed by atoms with Crippen LogP contribution in [-0.4, -0.2) is 56.5 Å². The van der Waals surface area contributed by atoms with Crippen molar-refractivity contribution in [2.75, 3.05) is 30.4 Å². The van der Waals surface area contributed by atoms with E-state index in [4.69, 9.17) is 4.74 Å². The molecule has 1 amide bonds. The van der Waals surface area contributed by atoms with E-state index in [1.165, 1.54) is 0 Å². The second kappa shape index (κ2) is 7.98. The summed E-state index contributed by atoms with van der Waals surface area (Å²) in [5, 5.41) is 2.84. The van der Waals surface area contributed by atoms with E-state index in [0.29, 0.717) is 12.1 Å². The van der Waals surface area contributed by atoms with Gasteiger partial charge in [0.05, 0.1) is 24.2 Å². The minimum Gasteiger partial charge on any atom is -0.491 e. The number of hydrogen-bond donors (Lipinski definition) is 1. The zero-order valence-electron chi connectivity index (χ0n) is 14.5. The predicted octanol–water partition coefficient (Wildman–Crippen LogP) is 1.92. The molecule has 7 heteroatoms. The number of amides is 1. The summed E-state index contributed by atoms with van der Waals surface area (Å²) in [5.41, 5.74) is 0.674. The Kier molecular flexibility index (Phi) is 6.23. The summed E-state index contributed by atoms with van der Waals surface area (Å²) in [7, 11) is -1.16. The molecule has 1 saturated heterocycles. The average Bonchev–Trinajstić information content (AvgIpc) is 2.87. The Morgan fingerprint density at radius 2 is 2.21 bits per heavy atom. The van der Waals surface area contributed by atoms with Crippen LogP contribution in [0.15, 0.2) is 24.3 Å². The van der Waals surface area contributed by atoms with E-state index in [1.807, 2.05) is 19.1 Å². The summed E-state index contributed by atoms with van der Waals surface area (Å²) < 4.78 is 28.8. The fraction of sp³-hybridized carbons (Fsp3) is 0.588. The van der Waals surface area contributed by atoms with Gasteiger partial charge in [-0.05, 0) is 38.9 Å². The smallest absolute Gasteiger partial charge is 0.238 e. The van der Waals surface area contributed by atoms with E-state index < -0.39 is 9.84 Å². The first-order valence-electron chi connectivity index (χ1n) is 8.26. The van der Waals surface area contributed by atoms with Crippen molar-refractivity contribution >= 4 is 21.4 Å². The van der Waals surface area contributed by atoms with Crippen LogP contribution in [0, 0.1) is 0 Å². The highest BCUT2D eigenvalue weighted by molar-refractivity contribution is 7.91. The van der Waals surface area contributed by atoms with Crippen molar-refractivity contribution in [3.63, 3.8) is 0 Å². The lowest BCUT2D eigenvalue weighted by molar-refractivity contribution is -0.117. The molecule has 0 aromatic heterocycles. The molecule has 1 N–H and O–H groups in total. The molecule has 1 aromatic rings. The van der Waals surface area contributed by atoms with Gasteiger partial charge >= 0.3 is 0 Å². The Morgan fingerprint density at radius 3 is 2.83 bits per heavy atom. The predicted molar refractivity (Wildman–Crippen MR) is 95.1 cm³/mol. The number of anilines is 1.